The van der Waals surface area contributed by atoms with E-state index >= 15 is 0 Å². The molecule has 0 heterocycles. The minimum absolute atomic E-state index is 0.565. The Hall–Kier alpha value is -8.01. The van der Waals surface area contributed by atoms with Crippen LogP contribution in [0.25, 0.3) is 0 Å². The zero-order valence-corrected chi connectivity index (χ0v) is 28.3. The van der Waals surface area contributed by atoms with Crippen LogP contribution in [0.3, 0.4) is 0 Å². The fourth-order valence-corrected chi connectivity index (χ4v) is 5.48. The van der Waals surface area contributed by atoms with Crippen LogP contribution < -0.4 is 4.74 Å². The minimum atomic E-state index is -2.94. The Balaban J connectivity index is 1.54. The highest BCUT2D eigenvalue weighted by molar-refractivity contribution is 5.95. The van der Waals surface area contributed by atoms with Gasteiger partial charge in [-0.3, -0.25) is 0 Å². The highest BCUT2D eigenvalue weighted by Crippen LogP contribution is 2.42. The average Bonchev–Trinajstić information content (AvgIpc) is 3.13. The summed E-state index contributed by atoms with van der Waals surface area (Å²) in [7, 11) is 0. The maximum atomic E-state index is 13.7. The molecular weight excluding hydrogens is 772 g/mol. The molecule has 4 aromatic rings. The molecule has 22 heteroatoms. The first-order valence-electron chi connectivity index (χ1n) is 15.7. The van der Waals surface area contributed by atoms with E-state index in [-0.39, 0.29) is 0 Å². The van der Waals surface area contributed by atoms with Crippen molar-refractivity contribution in [3.8, 4) is 69.0 Å². The van der Waals surface area contributed by atoms with Crippen molar-refractivity contribution in [1.29, 1.82) is 0 Å². The lowest BCUT2D eigenvalue weighted by Gasteiger charge is -2.42. The second-order valence-corrected chi connectivity index (χ2v) is 12.3. The molecule has 1 fully saturated rings. The predicted octanol–water partition coefficient (Wildman–Crippen LogP) is 1.25. The van der Waals surface area contributed by atoms with Crippen molar-refractivity contribution < 1.29 is 109 Å². The summed E-state index contributed by atoms with van der Waals surface area (Å²) in [5, 5.41) is 130. The third-order valence-electron chi connectivity index (χ3n) is 8.38. The van der Waals surface area contributed by atoms with Gasteiger partial charge in [0.25, 0.3) is 0 Å². The fourth-order valence-electron chi connectivity index (χ4n) is 5.48. The van der Waals surface area contributed by atoms with Gasteiger partial charge < -0.3 is 85.3 Å². The summed E-state index contributed by atoms with van der Waals surface area (Å²) in [6, 6.07) is 4.90. The monoisotopic (exact) mass is 800 g/mol. The SMILES string of the molecule is O=C(Oc1cc(C(=O)OC2[C@@H](OC(=O)c3cc(O)c(O)c(O)c3)CC(O)(C(=O)O)C[C@H]2OC(=O)c2cc(O)c(O)c(O)c2)cc(O)c1O)c1cc(O)c(O)c(O)c1. The molecule has 22 nitrogen and oxygen atoms in total. The maximum absolute atomic E-state index is 13.7. The summed E-state index contributed by atoms with van der Waals surface area (Å²) in [6.07, 6.45) is -8.65. The van der Waals surface area contributed by atoms with Gasteiger partial charge in [-0.1, -0.05) is 0 Å². The highest BCUT2D eigenvalue weighted by atomic mass is 16.6. The summed E-state index contributed by atoms with van der Waals surface area (Å²) in [6.45, 7) is 0. The van der Waals surface area contributed by atoms with E-state index in [1.54, 1.807) is 0 Å². The highest BCUT2D eigenvalue weighted by Gasteiger charge is 2.55. The summed E-state index contributed by atoms with van der Waals surface area (Å²) in [5.74, 6) is -20.3. The zero-order valence-electron chi connectivity index (χ0n) is 28.3. The molecule has 0 radical (unpaired) electrons. The van der Waals surface area contributed by atoms with Crippen LogP contribution in [0.5, 0.6) is 69.0 Å². The number of aliphatic hydroxyl groups is 1. The normalized spacial score (nSPS) is 18.9. The smallest absolute Gasteiger partial charge is 0.343 e. The van der Waals surface area contributed by atoms with Crippen LogP contribution >= 0.6 is 0 Å². The number of benzene rings is 4. The van der Waals surface area contributed by atoms with Crippen molar-refractivity contribution in [2.24, 2.45) is 0 Å². The molecular formula is C35H28O22. The summed E-state index contributed by atoms with van der Waals surface area (Å²) >= 11 is 0. The lowest BCUT2D eigenvalue weighted by atomic mass is 9.79. The number of ether oxygens (including phenoxy) is 4. The Morgan fingerprint density at radius 3 is 1.11 bits per heavy atom. The van der Waals surface area contributed by atoms with Crippen molar-refractivity contribution in [2.75, 3.05) is 0 Å². The average molecular weight is 801 g/mol. The van der Waals surface area contributed by atoms with E-state index in [0.717, 1.165) is 0 Å². The Morgan fingerprint density at radius 1 is 0.456 bits per heavy atom. The second kappa shape index (κ2) is 15.0. The van der Waals surface area contributed by atoms with E-state index in [1.807, 2.05) is 0 Å². The number of aliphatic carboxylic acids is 1. The van der Waals surface area contributed by atoms with Crippen LogP contribution in [0.4, 0.5) is 0 Å². The first-order valence-corrected chi connectivity index (χ1v) is 15.7. The molecule has 0 spiro atoms. The number of carboxylic acids is 1. The van der Waals surface area contributed by atoms with Crippen LogP contribution in [0.2, 0.25) is 0 Å². The molecule has 300 valence electrons. The van der Waals surface area contributed by atoms with Crippen molar-refractivity contribution in [1.82, 2.24) is 0 Å². The van der Waals surface area contributed by atoms with Crippen molar-refractivity contribution in [2.45, 2.75) is 36.8 Å². The van der Waals surface area contributed by atoms with Gasteiger partial charge in [-0.25, -0.2) is 24.0 Å². The molecule has 0 aromatic heterocycles. The number of aromatic hydroxyl groups is 11. The number of hydrogen-bond acceptors (Lipinski definition) is 21. The van der Waals surface area contributed by atoms with Gasteiger partial charge in [0.05, 0.1) is 22.3 Å². The van der Waals surface area contributed by atoms with Crippen LogP contribution in [0.15, 0.2) is 48.5 Å². The number of rotatable bonds is 9. The molecule has 0 saturated heterocycles. The lowest BCUT2D eigenvalue weighted by molar-refractivity contribution is -0.188. The van der Waals surface area contributed by atoms with Crippen molar-refractivity contribution in [3.63, 3.8) is 0 Å². The number of esters is 4. The first-order chi connectivity index (χ1) is 26.6. The number of carbonyl (C=O) groups is 5. The third-order valence-corrected chi connectivity index (χ3v) is 8.38. The van der Waals surface area contributed by atoms with Crippen LogP contribution in [-0.4, -0.2) is 120 Å². The van der Waals surface area contributed by atoms with Gasteiger partial charge in [0, 0.05) is 12.8 Å². The van der Waals surface area contributed by atoms with E-state index in [4.69, 9.17) is 18.9 Å². The first kappa shape index (κ1) is 40.2. The topological polar surface area (TPSA) is 385 Å². The van der Waals surface area contributed by atoms with E-state index in [0.29, 0.717) is 48.5 Å². The summed E-state index contributed by atoms with van der Waals surface area (Å²) < 4.78 is 21.1. The number of hydrogen-bond donors (Lipinski definition) is 13. The van der Waals surface area contributed by atoms with Gasteiger partial charge in [0.1, 0.15) is 12.2 Å². The lowest BCUT2D eigenvalue weighted by Crippen LogP contribution is -2.59. The zero-order chi connectivity index (χ0) is 42.3. The van der Waals surface area contributed by atoms with Gasteiger partial charge in [-0.2, -0.15) is 0 Å². The molecule has 5 rings (SSSR count). The second-order valence-electron chi connectivity index (χ2n) is 12.3. The Kier molecular flexibility index (Phi) is 10.6. The summed E-state index contributed by atoms with van der Waals surface area (Å²) in [4.78, 5) is 65.2. The van der Waals surface area contributed by atoms with Gasteiger partial charge in [0.2, 0.25) is 5.75 Å². The standard InChI is InChI=1S/C35H28O22/c36-15-1-11(2-16(37)25(15)43)30(47)54-22-8-14(7-21(42)28(22)46)33(50)57-29-23(55-31(48)12-3-17(38)26(44)18(39)4-12)9-35(53,34(51)52)10-24(29)56-32(49)13-5-19(40)27(45)20(41)6-13/h1-8,23-24,29,36-46,53H,9-10H2,(H,51,52)/t23-,24+,29?,35?. The quantitative estimate of drug-likeness (QED) is 0.0490. The molecule has 0 aliphatic heterocycles. The third kappa shape index (κ3) is 8.09. The van der Waals surface area contributed by atoms with Gasteiger partial charge in [-0.05, 0) is 48.5 Å². The molecule has 1 saturated carbocycles. The number of phenols is 11. The predicted molar refractivity (Wildman–Crippen MR) is 178 cm³/mol. The molecule has 0 amide bonds. The molecule has 57 heavy (non-hydrogen) atoms. The van der Waals surface area contributed by atoms with Crippen molar-refractivity contribution in [3.05, 3.63) is 70.8 Å². The Labute approximate surface area is 315 Å². The fraction of sp³-hybridized carbons (Fsp3) is 0.171. The van der Waals surface area contributed by atoms with E-state index in [2.05, 4.69) is 0 Å². The Bertz CT molecular complexity index is 2180. The molecule has 1 aliphatic rings. The van der Waals surface area contributed by atoms with Gasteiger partial charge in [0.15, 0.2) is 74.9 Å². The minimum Gasteiger partial charge on any atom is -0.504 e. The van der Waals surface area contributed by atoms with Crippen LogP contribution in [0.1, 0.15) is 54.3 Å². The molecule has 2 unspecified atom stereocenters. The van der Waals surface area contributed by atoms with Crippen LogP contribution in [-0.2, 0) is 19.0 Å². The number of phenolic OH excluding ortho intramolecular Hbond substituents is 11. The summed E-state index contributed by atoms with van der Waals surface area (Å²) in [5.41, 5.74) is -5.70. The maximum Gasteiger partial charge on any atom is 0.343 e. The molecule has 1 aliphatic carbocycles. The number of carboxylic acid groups (broad SMARTS) is 1. The molecule has 4 aromatic carbocycles. The van der Waals surface area contributed by atoms with E-state index in [9.17, 15) is 90.4 Å². The van der Waals surface area contributed by atoms with E-state index in [1.165, 1.54) is 0 Å². The van der Waals surface area contributed by atoms with E-state index < -0.39 is 158 Å². The Morgan fingerprint density at radius 2 is 0.754 bits per heavy atom. The molecule has 4 atom stereocenters. The number of carbonyl (C=O) groups excluding carboxylic acids is 4. The van der Waals surface area contributed by atoms with Crippen molar-refractivity contribution >= 4 is 29.8 Å². The largest absolute Gasteiger partial charge is 0.504 e. The molecule has 0 bridgehead atoms. The van der Waals surface area contributed by atoms with Gasteiger partial charge >= 0.3 is 29.8 Å². The van der Waals surface area contributed by atoms with Gasteiger partial charge in [-0.15, -0.1) is 0 Å². The molecule has 13 N–H and O–H groups in total. The van der Waals surface area contributed by atoms with Crippen LogP contribution in [0, 0.1) is 0 Å².